The molecule has 0 spiro atoms. The summed E-state index contributed by atoms with van der Waals surface area (Å²) in [5, 5.41) is 92.3. The van der Waals surface area contributed by atoms with Crippen molar-refractivity contribution >= 4 is 35.5 Å². The number of aliphatic hydroxyl groups is 6. The quantitative estimate of drug-likeness (QED) is 0.0186. The van der Waals surface area contributed by atoms with Gasteiger partial charge >= 0.3 is 5.97 Å². The molecule has 678 valence electrons. The largest absolute Gasteiger partial charge is 0.478 e. The average Bonchev–Trinajstić information content (AvgIpc) is 1.41. The van der Waals surface area contributed by atoms with E-state index in [4.69, 9.17) is 24.0 Å². The standard InChI is InChI=1S/2C34H47N3O6.C31H40N2O6/c2*1-20-27-16-26(34(27,3)4)17-28(20)36-33(41)31-30(21(2)39)29(19-38)43-37(31)18-22-8-6-9-23(14-22)24-10-7-11-25(15-24)32(40)35-12-13-42-5;1-17-24-13-23(31(24,3)4)14-25(17)32-29(36)28-27(18(2)35)26(16-34)39-33(28)15-19-7-5-8-20(11-19)21-9-6-10-22(12-21)30(37)38/h2*6-11,14-15,20-21,26-31,38-39H,12-13,16-19H2,1-5H3,(H,35,40)(H,36,41);5-12,17-18,23-28,34-35H,13-16H2,1-4H3,(H,32,36)(H,37,38)/t2*20-,21-,26+,27-,28-,29-,30+,31-;17-,18-,23+,24-,25-,26-,27+,28-/m000/s1. The van der Waals surface area contributed by atoms with Crippen molar-refractivity contribution in [1.82, 2.24) is 41.8 Å². The van der Waals surface area contributed by atoms with E-state index in [0.29, 0.717) is 120 Å². The van der Waals surface area contributed by atoms with Gasteiger partial charge in [-0.2, -0.15) is 15.2 Å². The lowest BCUT2D eigenvalue weighted by Crippen LogP contribution is -2.62. The summed E-state index contributed by atoms with van der Waals surface area (Å²) in [6.07, 6.45) is 1.88. The molecule has 26 nitrogen and oxygen atoms in total. The molecule has 125 heavy (non-hydrogen) atoms. The van der Waals surface area contributed by atoms with Gasteiger partial charge in [0.05, 0.1) is 76.5 Å². The van der Waals surface area contributed by atoms with E-state index in [1.807, 2.05) is 115 Å². The lowest BCUT2D eigenvalue weighted by Gasteiger charge is -2.62. The zero-order chi connectivity index (χ0) is 89.8. The van der Waals surface area contributed by atoms with Crippen molar-refractivity contribution in [2.45, 2.75) is 214 Å². The highest BCUT2D eigenvalue weighted by Crippen LogP contribution is 2.64. The van der Waals surface area contributed by atoms with Gasteiger partial charge in [0.2, 0.25) is 17.7 Å². The molecule has 9 aliphatic carbocycles. The fourth-order valence-electron chi connectivity index (χ4n) is 22.8. The molecule has 0 unspecified atom stereocenters. The highest BCUT2D eigenvalue weighted by atomic mass is 16.7. The number of rotatable bonds is 30. The summed E-state index contributed by atoms with van der Waals surface area (Å²) < 4.78 is 10.0. The van der Waals surface area contributed by atoms with Crippen LogP contribution in [0.5, 0.6) is 0 Å². The highest BCUT2D eigenvalue weighted by molar-refractivity contribution is 5.96. The third kappa shape index (κ3) is 20.2. The first-order valence-electron chi connectivity index (χ1n) is 45.0. The van der Waals surface area contributed by atoms with Crippen LogP contribution in [-0.2, 0) is 58.0 Å². The number of benzene rings is 6. The Hall–Kier alpha value is -8.42. The smallest absolute Gasteiger partial charge is 0.335 e. The number of carboxylic acids is 1. The third-order valence-electron chi connectivity index (χ3n) is 30.5. The van der Waals surface area contributed by atoms with Crippen LogP contribution in [0.25, 0.3) is 33.4 Å². The molecule has 0 aromatic heterocycles. The van der Waals surface area contributed by atoms with E-state index < -0.39 is 78.5 Å². The average molecular weight is 1720 g/mol. The maximum Gasteiger partial charge on any atom is 0.335 e. The van der Waals surface area contributed by atoms with Gasteiger partial charge in [-0.15, -0.1) is 0 Å². The Morgan fingerprint density at radius 3 is 0.920 bits per heavy atom. The molecule has 6 aromatic rings. The Morgan fingerprint density at radius 1 is 0.408 bits per heavy atom. The van der Waals surface area contributed by atoms with E-state index in [2.05, 4.69) is 88.9 Å². The number of aliphatic hydroxyl groups excluding tert-OH is 6. The van der Waals surface area contributed by atoms with Crippen molar-refractivity contribution in [3.63, 3.8) is 0 Å². The molecule has 0 radical (unpaired) electrons. The molecule has 26 heteroatoms. The van der Waals surface area contributed by atoms with Crippen LogP contribution in [0.3, 0.4) is 0 Å². The Bertz CT molecular complexity index is 4550. The van der Waals surface area contributed by atoms with E-state index in [9.17, 15) is 64.5 Å². The van der Waals surface area contributed by atoms with Crippen molar-refractivity contribution in [3.05, 3.63) is 179 Å². The molecule has 12 N–H and O–H groups in total. The number of carbonyl (C=O) groups is 6. The number of carboxylic acid groups (broad SMARTS) is 1. The summed E-state index contributed by atoms with van der Waals surface area (Å²) >= 11 is 0. The topological polar surface area (TPSA) is 360 Å². The second kappa shape index (κ2) is 40.1. The van der Waals surface area contributed by atoms with Crippen molar-refractivity contribution < 1.29 is 88.5 Å². The van der Waals surface area contributed by atoms with Gasteiger partial charge in [0, 0.05) is 74.3 Å². The zero-order valence-electron chi connectivity index (χ0n) is 75.0. The SMILES string of the molecule is COCCNC(=O)c1cccc(-c2cccc(CN3O[C@@H](CO)[C@@H]([C@H](C)O)[C@H]3C(=O)N[C@H]3C[C@H]4C[C@@H]([C@@H]3C)C4(C)C)c2)c1.COCCNC(=O)c1cccc(-c2cccc(CN3O[C@@H](CO)[C@@H]([C@H](C)O)[C@H]3C(=O)N[C@H]3C[C@H]4C[C@@H]([C@@H]3C)C4(C)C)c2)c1.C[C@@H]1[C@@H](NC(=O)[C@@H]2[C@H]([C@H](C)O)[C@H](CO)ON2Cc2cccc(-c3cccc(C(=O)O)c3)c2)C[C@H]2C[C@@H]1C2(C)C. The summed E-state index contributed by atoms with van der Waals surface area (Å²) in [6.45, 7) is 27.3. The first-order valence-corrected chi connectivity index (χ1v) is 45.0. The minimum atomic E-state index is -0.986. The molecular formula is C99H134N8O18. The Morgan fingerprint density at radius 2 is 0.672 bits per heavy atom. The third-order valence-corrected chi connectivity index (χ3v) is 30.5. The normalized spacial score (nSPS) is 31.0. The number of hydrogen-bond donors (Lipinski definition) is 12. The van der Waals surface area contributed by atoms with Crippen molar-refractivity contribution in [1.29, 1.82) is 0 Å². The first-order chi connectivity index (χ1) is 59.6. The number of hydroxylamine groups is 6. The number of aromatic carboxylic acids is 1. The number of fused-ring (bicyclic) bond motifs is 6. The fraction of sp³-hybridized carbons (Fsp3) is 0.576. The monoisotopic (exact) mass is 1720 g/mol. The molecule has 3 saturated heterocycles. The van der Waals surface area contributed by atoms with Gasteiger partial charge in [-0.25, -0.2) is 4.79 Å². The first kappa shape index (κ1) is 94.2. The lowest BCUT2D eigenvalue weighted by atomic mass is 9.45. The molecule has 6 bridgehead atoms. The zero-order valence-corrected chi connectivity index (χ0v) is 75.0. The van der Waals surface area contributed by atoms with Crippen LogP contribution < -0.4 is 26.6 Å². The van der Waals surface area contributed by atoms with E-state index in [1.54, 1.807) is 80.5 Å². The van der Waals surface area contributed by atoms with Gasteiger partial charge in [0.25, 0.3) is 11.8 Å². The fourth-order valence-corrected chi connectivity index (χ4v) is 22.8. The van der Waals surface area contributed by atoms with Crippen LogP contribution in [0.2, 0.25) is 0 Å². The summed E-state index contributed by atoms with van der Waals surface area (Å²) in [5.41, 5.74) is 10.2. The molecule has 9 saturated carbocycles. The van der Waals surface area contributed by atoms with Crippen LogP contribution in [0, 0.1) is 87.3 Å². The second-order valence-electron chi connectivity index (χ2n) is 38.9. The van der Waals surface area contributed by atoms with Crippen LogP contribution >= 0.6 is 0 Å². The van der Waals surface area contributed by atoms with E-state index in [1.165, 1.54) is 19.3 Å². The van der Waals surface area contributed by atoms with Gasteiger partial charge in [-0.3, -0.25) is 38.5 Å². The number of carbonyl (C=O) groups excluding carboxylic acids is 5. The summed E-state index contributed by atoms with van der Waals surface area (Å²) in [4.78, 5) is 96.7. The van der Waals surface area contributed by atoms with Crippen LogP contribution in [0.1, 0.15) is 169 Å². The van der Waals surface area contributed by atoms with Crippen molar-refractivity contribution in [2.24, 2.45) is 87.3 Å². The minimum Gasteiger partial charge on any atom is -0.478 e. The van der Waals surface area contributed by atoms with Crippen molar-refractivity contribution in [2.75, 3.05) is 60.3 Å². The Balaban J connectivity index is 0.000000161. The molecule has 18 rings (SSSR count). The highest BCUT2D eigenvalue weighted by Gasteiger charge is 2.61. The van der Waals surface area contributed by atoms with E-state index in [-0.39, 0.29) is 79.6 Å². The maximum atomic E-state index is 13.9. The molecule has 12 aliphatic rings. The Labute approximate surface area is 736 Å². The van der Waals surface area contributed by atoms with Crippen LogP contribution in [0.4, 0.5) is 0 Å². The molecule has 6 aromatic carbocycles. The number of methoxy groups -OCH3 is 2. The molecule has 12 fully saturated rings. The molecule has 24 atom stereocenters. The molecule has 5 amide bonds. The van der Waals surface area contributed by atoms with Gasteiger partial charge in [0.1, 0.15) is 36.4 Å². The minimum absolute atomic E-state index is 0.0730. The number of nitrogens with one attached hydrogen (secondary N) is 5. The predicted octanol–water partition coefficient (Wildman–Crippen LogP) is 10.5. The number of ether oxygens (including phenoxy) is 2. The number of hydrogen-bond acceptors (Lipinski definition) is 20. The van der Waals surface area contributed by atoms with Gasteiger partial charge < -0.3 is 71.8 Å². The summed E-state index contributed by atoms with van der Waals surface area (Å²) in [5.74, 6) is 1.08. The molecular weight excluding hydrogens is 1590 g/mol. The van der Waals surface area contributed by atoms with Gasteiger partial charge in [0.15, 0.2) is 0 Å². The molecule has 3 aliphatic heterocycles. The van der Waals surface area contributed by atoms with Crippen LogP contribution in [-0.4, -0.2) is 220 Å². The van der Waals surface area contributed by atoms with Gasteiger partial charge in [-0.1, -0.05) is 153 Å². The van der Waals surface area contributed by atoms with Gasteiger partial charge in [-0.05, 0) is 233 Å². The summed E-state index contributed by atoms with van der Waals surface area (Å²) in [6, 6.07) is 43.1. The van der Waals surface area contributed by atoms with Crippen LogP contribution in [0.15, 0.2) is 146 Å². The Kier molecular flexibility index (Phi) is 30.2. The maximum absolute atomic E-state index is 13.9. The van der Waals surface area contributed by atoms with E-state index >= 15 is 0 Å². The lowest BCUT2D eigenvalue weighted by molar-refractivity contribution is -0.183. The number of amides is 5. The second-order valence-corrected chi connectivity index (χ2v) is 38.9. The van der Waals surface area contributed by atoms with E-state index in [0.717, 1.165) is 69.3 Å². The van der Waals surface area contributed by atoms with Crippen molar-refractivity contribution in [3.8, 4) is 33.4 Å². The predicted molar refractivity (Wildman–Crippen MR) is 474 cm³/mol. The number of nitrogens with zero attached hydrogens (tertiary/aromatic N) is 3. The summed E-state index contributed by atoms with van der Waals surface area (Å²) in [7, 11) is 3.19. The molecule has 3 heterocycles.